The average Bonchev–Trinajstić information content (AvgIpc) is 2.40. The molecule has 1 unspecified atom stereocenters. The lowest BCUT2D eigenvalue weighted by Gasteiger charge is -2.36. The third-order valence-corrected chi connectivity index (χ3v) is 3.52. The molecule has 3 rings (SSSR count). The van der Waals surface area contributed by atoms with E-state index in [1.165, 1.54) is 19.3 Å². The van der Waals surface area contributed by atoms with Crippen molar-refractivity contribution in [3.05, 3.63) is 5.82 Å². The van der Waals surface area contributed by atoms with Crippen LogP contribution in [0.3, 0.4) is 0 Å². The van der Waals surface area contributed by atoms with Gasteiger partial charge in [0.15, 0.2) is 0 Å². The minimum absolute atomic E-state index is 0.775. The van der Waals surface area contributed by atoms with E-state index in [1.54, 1.807) is 0 Å². The second-order valence-corrected chi connectivity index (χ2v) is 4.50. The molecule has 14 heavy (non-hydrogen) atoms. The molecule has 76 valence electrons. The fourth-order valence-electron chi connectivity index (χ4n) is 2.45. The minimum atomic E-state index is 0.775. The quantitative estimate of drug-likeness (QED) is 0.732. The number of nitrogens with one attached hydrogen (secondary N) is 1. The van der Waals surface area contributed by atoms with Crippen LogP contribution in [-0.2, 0) is 6.54 Å². The Balaban J connectivity index is 1.78. The van der Waals surface area contributed by atoms with Crippen LogP contribution in [0.5, 0.6) is 0 Å². The molecule has 1 atom stereocenters. The molecule has 4 nitrogen and oxygen atoms in total. The van der Waals surface area contributed by atoms with Gasteiger partial charge in [0.25, 0.3) is 0 Å². The Labute approximate surface area is 83.7 Å². The van der Waals surface area contributed by atoms with Crippen LogP contribution >= 0.6 is 0 Å². The molecule has 0 bridgehead atoms. The van der Waals surface area contributed by atoms with Gasteiger partial charge in [-0.2, -0.15) is 10.1 Å². The van der Waals surface area contributed by atoms with Crippen LogP contribution in [-0.4, -0.2) is 21.3 Å². The van der Waals surface area contributed by atoms with Gasteiger partial charge < -0.3 is 5.32 Å². The van der Waals surface area contributed by atoms with E-state index in [2.05, 4.69) is 15.4 Å². The molecule has 0 saturated heterocycles. The van der Waals surface area contributed by atoms with Crippen LogP contribution in [0.25, 0.3) is 0 Å². The topological polar surface area (TPSA) is 42.7 Å². The Bertz CT molecular complexity index is 340. The van der Waals surface area contributed by atoms with Gasteiger partial charge in [-0.1, -0.05) is 19.3 Å². The third-order valence-electron chi connectivity index (χ3n) is 3.52. The fraction of sp³-hybridized carbons (Fsp3) is 0.800. The van der Waals surface area contributed by atoms with Crippen molar-refractivity contribution >= 4 is 5.95 Å². The van der Waals surface area contributed by atoms with E-state index < -0.39 is 0 Å². The van der Waals surface area contributed by atoms with E-state index in [0.29, 0.717) is 0 Å². The molecule has 1 aromatic heterocycles. The highest BCUT2D eigenvalue weighted by molar-refractivity contribution is 5.27. The molecular formula is C10H16N4. The van der Waals surface area contributed by atoms with Crippen molar-refractivity contribution in [1.29, 1.82) is 0 Å². The smallest absolute Gasteiger partial charge is 0.221 e. The molecule has 1 saturated carbocycles. The van der Waals surface area contributed by atoms with Crippen LogP contribution in [0.1, 0.15) is 25.1 Å². The van der Waals surface area contributed by atoms with Crippen LogP contribution in [0.15, 0.2) is 0 Å². The van der Waals surface area contributed by atoms with E-state index in [4.69, 9.17) is 0 Å². The Kier molecular flexibility index (Phi) is 1.75. The molecule has 1 N–H and O–H groups in total. The Morgan fingerprint density at radius 1 is 1.36 bits per heavy atom. The summed E-state index contributed by atoms with van der Waals surface area (Å²) in [6.45, 7) is 4.10. The Hall–Kier alpha value is -1.06. The average molecular weight is 192 g/mol. The van der Waals surface area contributed by atoms with E-state index in [-0.39, 0.29) is 0 Å². The summed E-state index contributed by atoms with van der Waals surface area (Å²) in [5.74, 6) is 3.54. The van der Waals surface area contributed by atoms with Crippen molar-refractivity contribution in [1.82, 2.24) is 14.8 Å². The molecule has 4 heteroatoms. The summed E-state index contributed by atoms with van der Waals surface area (Å²) in [6, 6.07) is 0. The highest BCUT2D eigenvalue weighted by Crippen LogP contribution is 2.35. The molecule has 0 aromatic carbocycles. The van der Waals surface area contributed by atoms with Crippen molar-refractivity contribution in [2.75, 3.05) is 11.9 Å². The van der Waals surface area contributed by atoms with Gasteiger partial charge in [-0.25, -0.2) is 4.68 Å². The zero-order valence-electron chi connectivity index (χ0n) is 8.53. The summed E-state index contributed by atoms with van der Waals surface area (Å²) in [6.07, 6.45) is 4.25. The van der Waals surface area contributed by atoms with E-state index in [0.717, 1.165) is 36.7 Å². The number of hydrogen-bond donors (Lipinski definition) is 1. The number of rotatable bonds is 1. The summed E-state index contributed by atoms with van der Waals surface area (Å²) in [4.78, 5) is 4.33. The predicted molar refractivity (Wildman–Crippen MR) is 54.1 cm³/mol. The van der Waals surface area contributed by atoms with Crippen molar-refractivity contribution in [2.24, 2.45) is 11.8 Å². The van der Waals surface area contributed by atoms with Gasteiger partial charge in [-0.3, -0.25) is 0 Å². The molecule has 1 aliphatic carbocycles. The lowest BCUT2D eigenvalue weighted by Crippen LogP contribution is -2.36. The lowest BCUT2D eigenvalue weighted by molar-refractivity contribution is 0.184. The van der Waals surface area contributed by atoms with Gasteiger partial charge in [0.05, 0.1) is 0 Å². The molecule has 1 aromatic rings. The van der Waals surface area contributed by atoms with Gasteiger partial charge in [0.2, 0.25) is 5.95 Å². The highest BCUT2D eigenvalue weighted by atomic mass is 15.4. The Morgan fingerprint density at radius 3 is 2.93 bits per heavy atom. The zero-order chi connectivity index (χ0) is 9.54. The SMILES string of the molecule is Cc1nc2n(n1)CC(C1CCC1)CN2. The molecule has 1 fully saturated rings. The molecule has 0 amide bonds. The van der Waals surface area contributed by atoms with Gasteiger partial charge in [0.1, 0.15) is 5.82 Å². The number of anilines is 1. The fourth-order valence-corrected chi connectivity index (χ4v) is 2.45. The zero-order valence-corrected chi connectivity index (χ0v) is 8.53. The van der Waals surface area contributed by atoms with Crippen LogP contribution in [0, 0.1) is 18.8 Å². The first-order valence-corrected chi connectivity index (χ1v) is 5.48. The summed E-state index contributed by atoms with van der Waals surface area (Å²) in [7, 11) is 0. The number of fused-ring (bicyclic) bond motifs is 1. The summed E-state index contributed by atoms with van der Waals surface area (Å²) < 4.78 is 2.03. The third kappa shape index (κ3) is 1.21. The van der Waals surface area contributed by atoms with Crippen LogP contribution < -0.4 is 5.32 Å². The second kappa shape index (κ2) is 2.97. The van der Waals surface area contributed by atoms with Crippen LogP contribution in [0.4, 0.5) is 5.95 Å². The minimum Gasteiger partial charge on any atom is -0.354 e. The van der Waals surface area contributed by atoms with Gasteiger partial charge in [0, 0.05) is 13.1 Å². The monoisotopic (exact) mass is 192 g/mol. The van der Waals surface area contributed by atoms with Gasteiger partial charge >= 0.3 is 0 Å². The predicted octanol–water partition coefficient (Wildman–Crippen LogP) is 1.43. The molecule has 0 radical (unpaired) electrons. The standard InChI is InChI=1S/C10H16N4/c1-7-12-10-11-5-9(6-14(10)13-7)8-3-2-4-8/h8-9H,2-6H2,1H3,(H,11,12,13). The van der Waals surface area contributed by atoms with Crippen molar-refractivity contribution in [3.8, 4) is 0 Å². The second-order valence-electron chi connectivity index (χ2n) is 4.50. The van der Waals surface area contributed by atoms with E-state index >= 15 is 0 Å². The molecule has 0 spiro atoms. The summed E-state index contributed by atoms with van der Waals surface area (Å²) in [5.41, 5.74) is 0. The maximum atomic E-state index is 4.39. The van der Waals surface area contributed by atoms with Crippen molar-refractivity contribution in [2.45, 2.75) is 32.7 Å². The largest absolute Gasteiger partial charge is 0.354 e. The molecule has 2 aliphatic rings. The number of hydrogen-bond acceptors (Lipinski definition) is 3. The highest BCUT2D eigenvalue weighted by Gasteiger charge is 2.31. The van der Waals surface area contributed by atoms with E-state index in [9.17, 15) is 0 Å². The first-order chi connectivity index (χ1) is 6.83. The van der Waals surface area contributed by atoms with Crippen molar-refractivity contribution in [3.63, 3.8) is 0 Å². The number of aryl methyl sites for hydroxylation is 1. The first kappa shape index (κ1) is 8.26. The first-order valence-electron chi connectivity index (χ1n) is 5.48. The van der Waals surface area contributed by atoms with Gasteiger partial charge in [-0.15, -0.1) is 0 Å². The number of aromatic nitrogens is 3. The summed E-state index contributed by atoms with van der Waals surface area (Å²) in [5, 5.41) is 7.76. The van der Waals surface area contributed by atoms with Crippen molar-refractivity contribution < 1.29 is 0 Å². The molecule has 1 aliphatic heterocycles. The summed E-state index contributed by atoms with van der Waals surface area (Å²) >= 11 is 0. The Morgan fingerprint density at radius 2 is 2.21 bits per heavy atom. The number of nitrogens with zero attached hydrogens (tertiary/aromatic N) is 3. The normalized spacial score (nSPS) is 26.5. The molecule has 2 heterocycles. The van der Waals surface area contributed by atoms with E-state index in [1.807, 2.05) is 11.6 Å². The lowest BCUT2D eigenvalue weighted by atomic mass is 9.75. The maximum absolute atomic E-state index is 4.39. The van der Waals surface area contributed by atoms with Crippen LogP contribution in [0.2, 0.25) is 0 Å². The molecular weight excluding hydrogens is 176 g/mol. The maximum Gasteiger partial charge on any atom is 0.221 e. The van der Waals surface area contributed by atoms with Gasteiger partial charge in [-0.05, 0) is 18.8 Å².